The highest BCUT2D eigenvalue weighted by Gasteiger charge is 2.29. The van der Waals surface area contributed by atoms with Gasteiger partial charge in [0.2, 0.25) is 18.7 Å². The smallest absolute Gasteiger partial charge is 0.408 e. The SMILES string of the molecule is CC(=O)OC(C)OC(=O)[C@H](Cc1ccccc1)NC(=O)OCc1ccccc1.CCCC(=O)OC(CCC)OC(=O)C(OC(C)=O)c1ccccc1. The predicted molar refractivity (Wildman–Crippen MR) is 188 cm³/mol. The van der Waals surface area contributed by atoms with Gasteiger partial charge in [0.1, 0.15) is 12.6 Å². The molecular weight excluding hydrogens is 674 g/mol. The molecule has 0 aliphatic rings. The average Bonchev–Trinajstić information content (AvgIpc) is 3.10. The van der Waals surface area contributed by atoms with Crippen LogP contribution >= 0.6 is 0 Å². The molecule has 1 amide bonds. The van der Waals surface area contributed by atoms with Gasteiger partial charge in [-0.3, -0.25) is 14.4 Å². The lowest BCUT2D eigenvalue weighted by Gasteiger charge is -2.21. The highest BCUT2D eigenvalue weighted by Crippen LogP contribution is 2.21. The summed E-state index contributed by atoms with van der Waals surface area (Å²) < 4.78 is 30.6. The minimum Gasteiger partial charge on any atom is -0.446 e. The molecule has 0 heterocycles. The number of nitrogens with one attached hydrogen (secondary N) is 1. The molecule has 4 atom stereocenters. The zero-order valence-corrected chi connectivity index (χ0v) is 30.1. The van der Waals surface area contributed by atoms with Crippen molar-refractivity contribution in [3.63, 3.8) is 0 Å². The summed E-state index contributed by atoms with van der Waals surface area (Å²) >= 11 is 0. The molecule has 3 aromatic rings. The van der Waals surface area contributed by atoms with Gasteiger partial charge in [-0.25, -0.2) is 14.4 Å². The van der Waals surface area contributed by atoms with Crippen LogP contribution in [0.5, 0.6) is 0 Å². The van der Waals surface area contributed by atoms with Crippen molar-refractivity contribution in [2.75, 3.05) is 0 Å². The number of esters is 5. The summed E-state index contributed by atoms with van der Waals surface area (Å²) in [7, 11) is 0. The van der Waals surface area contributed by atoms with E-state index in [9.17, 15) is 28.8 Å². The molecular formula is C39H47NO12. The summed E-state index contributed by atoms with van der Waals surface area (Å²) in [4.78, 5) is 70.9. The summed E-state index contributed by atoms with van der Waals surface area (Å²) in [6.07, 6.45) is -1.84. The van der Waals surface area contributed by atoms with Crippen LogP contribution < -0.4 is 5.32 Å². The van der Waals surface area contributed by atoms with Crippen molar-refractivity contribution in [2.24, 2.45) is 0 Å². The number of carbonyl (C=O) groups excluding carboxylic acids is 6. The van der Waals surface area contributed by atoms with Crippen LogP contribution in [-0.2, 0) is 65.4 Å². The van der Waals surface area contributed by atoms with E-state index in [2.05, 4.69) is 5.32 Å². The largest absolute Gasteiger partial charge is 0.446 e. The summed E-state index contributed by atoms with van der Waals surface area (Å²) in [5.41, 5.74) is 2.14. The van der Waals surface area contributed by atoms with E-state index in [1.807, 2.05) is 74.5 Å². The number of amides is 1. The normalized spacial score (nSPS) is 12.6. The summed E-state index contributed by atoms with van der Waals surface area (Å²) in [6.45, 7) is 7.67. The molecule has 0 saturated heterocycles. The Hall–Kier alpha value is -5.72. The molecule has 0 aliphatic heterocycles. The van der Waals surface area contributed by atoms with Gasteiger partial charge < -0.3 is 33.7 Å². The topological polar surface area (TPSA) is 170 Å². The van der Waals surface area contributed by atoms with Crippen LogP contribution in [0.15, 0.2) is 91.0 Å². The first-order valence-corrected chi connectivity index (χ1v) is 16.9. The minimum absolute atomic E-state index is 0.0730. The van der Waals surface area contributed by atoms with Gasteiger partial charge in [0.05, 0.1) is 0 Å². The lowest BCUT2D eigenvalue weighted by Crippen LogP contribution is -2.44. The summed E-state index contributed by atoms with van der Waals surface area (Å²) in [6, 6.07) is 25.9. The summed E-state index contributed by atoms with van der Waals surface area (Å²) in [5, 5.41) is 2.52. The first-order valence-electron chi connectivity index (χ1n) is 16.9. The third-order valence-corrected chi connectivity index (χ3v) is 6.78. The van der Waals surface area contributed by atoms with Crippen LogP contribution in [0.25, 0.3) is 0 Å². The lowest BCUT2D eigenvalue weighted by atomic mass is 10.1. The van der Waals surface area contributed by atoms with Crippen LogP contribution in [-0.4, -0.2) is 54.6 Å². The van der Waals surface area contributed by atoms with Gasteiger partial charge >= 0.3 is 35.9 Å². The maximum Gasteiger partial charge on any atom is 0.408 e. The van der Waals surface area contributed by atoms with Crippen LogP contribution in [0.2, 0.25) is 0 Å². The summed E-state index contributed by atoms with van der Waals surface area (Å²) in [5.74, 6) is -3.09. The van der Waals surface area contributed by atoms with Crippen LogP contribution in [0, 0.1) is 0 Å². The molecule has 13 heteroatoms. The maximum absolute atomic E-state index is 12.5. The van der Waals surface area contributed by atoms with E-state index in [-0.39, 0.29) is 19.4 Å². The second-order valence-electron chi connectivity index (χ2n) is 11.4. The zero-order chi connectivity index (χ0) is 38.3. The number of ether oxygens (including phenoxy) is 6. The van der Waals surface area contributed by atoms with Crippen LogP contribution in [0.3, 0.4) is 0 Å². The molecule has 1 N–H and O–H groups in total. The van der Waals surface area contributed by atoms with Crippen molar-refractivity contribution in [1.82, 2.24) is 5.32 Å². The second kappa shape index (κ2) is 23.6. The van der Waals surface area contributed by atoms with Gasteiger partial charge in [0, 0.05) is 45.6 Å². The van der Waals surface area contributed by atoms with Crippen molar-refractivity contribution in [3.05, 3.63) is 108 Å². The molecule has 0 saturated carbocycles. The third-order valence-electron chi connectivity index (χ3n) is 6.78. The maximum atomic E-state index is 12.5. The monoisotopic (exact) mass is 721 g/mol. The van der Waals surface area contributed by atoms with Crippen LogP contribution in [0.1, 0.15) is 83.1 Å². The van der Waals surface area contributed by atoms with Gasteiger partial charge in [-0.05, 0) is 24.0 Å². The van der Waals surface area contributed by atoms with E-state index in [1.54, 1.807) is 30.3 Å². The molecule has 0 fully saturated rings. The first kappa shape index (κ1) is 42.4. The molecule has 280 valence electrons. The average molecular weight is 722 g/mol. The quantitative estimate of drug-likeness (QED) is 0.0942. The Balaban J connectivity index is 0.000000365. The molecule has 0 spiro atoms. The molecule has 52 heavy (non-hydrogen) atoms. The van der Waals surface area contributed by atoms with Gasteiger partial charge in [-0.1, -0.05) is 105 Å². The Morgan fingerprint density at radius 3 is 1.73 bits per heavy atom. The Morgan fingerprint density at radius 1 is 0.635 bits per heavy atom. The first-order chi connectivity index (χ1) is 24.9. The Kier molecular flexibility index (Phi) is 19.3. The molecule has 3 rings (SSSR count). The Morgan fingerprint density at radius 2 is 1.19 bits per heavy atom. The van der Waals surface area contributed by atoms with Crippen molar-refractivity contribution >= 4 is 35.9 Å². The Bertz CT molecular complexity index is 1550. The fraction of sp³-hybridized carbons (Fsp3) is 0.385. The molecule has 3 aromatic carbocycles. The molecule has 3 unspecified atom stereocenters. The van der Waals surface area contributed by atoms with Crippen molar-refractivity contribution < 1.29 is 57.2 Å². The van der Waals surface area contributed by atoms with E-state index in [0.717, 1.165) is 11.1 Å². The van der Waals surface area contributed by atoms with E-state index in [1.165, 1.54) is 20.8 Å². The van der Waals surface area contributed by atoms with E-state index in [4.69, 9.17) is 28.4 Å². The third kappa shape index (κ3) is 17.3. The highest BCUT2D eigenvalue weighted by atomic mass is 16.7. The Labute approximate surface area is 303 Å². The fourth-order valence-corrected chi connectivity index (χ4v) is 4.48. The van der Waals surface area contributed by atoms with E-state index >= 15 is 0 Å². The minimum atomic E-state index is -1.19. The second-order valence-corrected chi connectivity index (χ2v) is 11.4. The molecule has 0 aliphatic carbocycles. The molecule has 13 nitrogen and oxygen atoms in total. The van der Waals surface area contributed by atoms with Gasteiger partial charge in [0.25, 0.3) is 0 Å². The molecule has 0 aromatic heterocycles. The van der Waals surface area contributed by atoms with Crippen molar-refractivity contribution in [1.29, 1.82) is 0 Å². The number of benzene rings is 3. The number of carbonyl (C=O) groups is 6. The van der Waals surface area contributed by atoms with Gasteiger partial charge in [-0.2, -0.15) is 0 Å². The fourth-order valence-electron chi connectivity index (χ4n) is 4.48. The number of hydrogen-bond acceptors (Lipinski definition) is 12. The van der Waals surface area contributed by atoms with Crippen molar-refractivity contribution in [3.8, 4) is 0 Å². The zero-order valence-electron chi connectivity index (χ0n) is 30.1. The van der Waals surface area contributed by atoms with Crippen molar-refractivity contribution in [2.45, 2.75) is 98.1 Å². The molecule has 0 bridgehead atoms. The van der Waals surface area contributed by atoms with Gasteiger partial charge in [-0.15, -0.1) is 0 Å². The molecule has 0 radical (unpaired) electrons. The lowest BCUT2D eigenvalue weighted by molar-refractivity contribution is -0.198. The van der Waals surface area contributed by atoms with E-state index < -0.39 is 60.7 Å². The van der Waals surface area contributed by atoms with Crippen LogP contribution in [0.4, 0.5) is 4.79 Å². The number of hydrogen-bond donors (Lipinski definition) is 1. The predicted octanol–water partition coefficient (Wildman–Crippen LogP) is 6.28. The number of alkyl carbamates (subject to hydrolysis) is 1. The standard InChI is InChI=1S/C21H23NO6.C18H24O6/c1-15(23)27-16(2)28-20(24)19(13-17-9-5-3-6-10-17)22-21(25)26-14-18-11-7-4-8-12-18;1-4-9-15(20)23-16(10-5-2)24-18(21)17(22-13(3)19)14-11-7-6-8-12-14/h3-12,16,19H,13-14H2,1-2H3,(H,22,25);6-8,11-12,16-17H,4-5,9-10H2,1-3H3/t16?,19-;/m0./s1. The van der Waals surface area contributed by atoms with Gasteiger partial charge in [0.15, 0.2) is 0 Å². The number of rotatable bonds is 17. The van der Waals surface area contributed by atoms with E-state index in [0.29, 0.717) is 24.8 Å². The highest BCUT2D eigenvalue weighted by molar-refractivity contribution is 5.82.